The van der Waals surface area contributed by atoms with E-state index < -0.39 is 0 Å². The van der Waals surface area contributed by atoms with Crippen LogP contribution in [0.4, 0.5) is 0 Å². The number of benzene rings is 2. The van der Waals surface area contributed by atoms with Crippen LogP contribution in [0.3, 0.4) is 0 Å². The van der Waals surface area contributed by atoms with Gasteiger partial charge in [0.2, 0.25) is 0 Å². The van der Waals surface area contributed by atoms with Crippen LogP contribution in [0.2, 0.25) is 0 Å². The van der Waals surface area contributed by atoms with Gasteiger partial charge in [-0.3, -0.25) is 0 Å². The molecule has 1 fully saturated rings. The van der Waals surface area contributed by atoms with Crippen molar-refractivity contribution in [3.8, 4) is 11.1 Å². The molecule has 114 valence electrons. The van der Waals surface area contributed by atoms with Crippen LogP contribution in [0.5, 0.6) is 0 Å². The summed E-state index contributed by atoms with van der Waals surface area (Å²) in [6.45, 7) is 2.14. The quantitative estimate of drug-likeness (QED) is 0.491. The fourth-order valence-electron chi connectivity index (χ4n) is 3.44. The number of halogens is 1. The van der Waals surface area contributed by atoms with Crippen LogP contribution >= 0.6 is 22.6 Å². The molecule has 0 nitrogen and oxygen atoms in total. The van der Waals surface area contributed by atoms with Crippen LogP contribution < -0.4 is 0 Å². The van der Waals surface area contributed by atoms with Crippen molar-refractivity contribution < 1.29 is 0 Å². The molecule has 0 radical (unpaired) electrons. The molecule has 0 aromatic heterocycles. The fourth-order valence-corrected chi connectivity index (χ4v) is 4.03. The van der Waals surface area contributed by atoms with E-state index in [0.29, 0.717) is 0 Å². The number of allylic oxidation sites excluding steroid dienone is 1. The average Bonchev–Trinajstić information content (AvgIpc) is 2.57. The van der Waals surface area contributed by atoms with Crippen molar-refractivity contribution in [3.05, 3.63) is 69.8 Å². The second-order valence-corrected chi connectivity index (χ2v) is 7.14. The Balaban J connectivity index is 1.68. The first-order valence-electron chi connectivity index (χ1n) is 8.20. The molecule has 1 saturated carbocycles. The van der Waals surface area contributed by atoms with Crippen LogP contribution in [0.15, 0.2) is 58.7 Å². The zero-order valence-corrected chi connectivity index (χ0v) is 15.3. The normalized spacial score (nSPS) is 22.1. The first-order chi connectivity index (χ1) is 10.8. The lowest BCUT2D eigenvalue weighted by atomic mass is 9.78. The van der Waals surface area contributed by atoms with Crippen molar-refractivity contribution >= 4 is 22.6 Å². The van der Waals surface area contributed by atoms with E-state index in [2.05, 4.69) is 88.2 Å². The monoisotopic (exact) mass is 402 g/mol. The molecule has 2 aromatic rings. The summed E-state index contributed by atoms with van der Waals surface area (Å²) in [7, 11) is 0. The molecule has 0 N–H and O–H groups in total. The molecule has 0 aliphatic heterocycles. The second kappa shape index (κ2) is 7.45. The predicted octanol–water partition coefficient (Wildman–Crippen LogP) is 6.88. The minimum atomic E-state index is 0.755. The van der Waals surface area contributed by atoms with E-state index in [9.17, 15) is 0 Å². The Morgan fingerprint density at radius 1 is 0.818 bits per heavy atom. The average molecular weight is 402 g/mol. The largest absolute Gasteiger partial charge is 0.0753 e. The molecule has 0 amide bonds. The topological polar surface area (TPSA) is 0 Å². The van der Waals surface area contributed by atoms with E-state index >= 15 is 0 Å². The van der Waals surface area contributed by atoms with Gasteiger partial charge in [0.25, 0.3) is 0 Å². The van der Waals surface area contributed by atoms with Gasteiger partial charge in [-0.1, -0.05) is 82.8 Å². The molecule has 0 spiro atoms. The minimum Gasteiger partial charge on any atom is -0.0753 e. The highest BCUT2D eigenvalue weighted by Gasteiger charge is 2.20. The summed E-state index contributed by atoms with van der Waals surface area (Å²) in [5.41, 5.74) is 5.48. The summed E-state index contributed by atoms with van der Waals surface area (Å²) in [6.07, 6.45) is 7.70. The molecule has 1 aliphatic rings. The lowest BCUT2D eigenvalue weighted by Gasteiger charge is -2.27. The maximum atomic E-state index is 2.37. The third-order valence-corrected chi connectivity index (χ3v) is 5.30. The van der Waals surface area contributed by atoms with Gasteiger partial charge in [-0.05, 0) is 65.2 Å². The van der Waals surface area contributed by atoms with E-state index in [-0.39, 0.29) is 0 Å². The van der Waals surface area contributed by atoms with Crippen molar-refractivity contribution in [2.24, 2.45) is 5.92 Å². The molecular formula is C21H23I. The van der Waals surface area contributed by atoms with Gasteiger partial charge in [-0.2, -0.15) is 0 Å². The van der Waals surface area contributed by atoms with Crippen LogP contribution in [-0.4, -0.2) is 0 Å². The molecule has 3 rings (SSSR count). The number of rotatable bonds is 3. The molecule has 0 bridgehead atoms. The van der Waals surface area contributed by atoms with Crippen LogP contribution in [0.25, 0.3) is 11.1 Å². The van der Waals surface area contributed by atoms with Gasteiger partial charge in [-0.25, -0.2) is 0 Å². The molecule has 0 saturated heterocycles. The summed E-state index contributed by atoms with van der Waals surface area (Å²) >= 11 is 2.34. The smallest absolute Gasteiger partial charge is 0.0162 e. The highest BCUT2D eigenvalue weighted by atomic mass is 127. The van der Waals surface area contributed by atoms with Gasteiger partial charge in [0, 0.05) is 0 Å². The van der Waals surface area contributed by atoms with Crippen molar-refractivity contribution in [1.29, 1.82) is 0 Å². The minimum absolute atomic E-state index is 0.755. The predicted molar refractivity (Wildman–Crippen MR) is 104 cm³/mol. The third kappa shape index (κ3) is 3.81. The van der Waals surface area contributed by atoms with Crippen LogP contribution in [0, 0.1) is 12.8 Å². The Morgan fingerprint density at radius 2 is 1.36 bits per heavy atom. The van der Waals surface area contributed by atoms with E-state index in [1.807, 2.05) is 0 Å². The Morgan fingerprint density at radius 3 is 1.91 bits per heavy atom. The standard InChI is InChI=1S/C21H23I/c1-16-2-6-18(7-3-16)20-10-12-21(13-11-20)19-8-4-17(5-9-19)14-15-22/h2-3,6-7,10-15,17,19H,4-5,8-9H2,1H3. The van der Waals surface area contributed by atoms with Gasteiger partial charge in [-0.15, -0.1) is 0 Å². The maximum absolute atomic E-state index is 2.37. The first kappa shape index (κ1) is 15.8. The summed E-state index contributed by atoms with van der Waals surface area (Å²) in [5.74, 6) is 1.56. The van der Waals surface area contributed by atoms with Gasteiger partial charge in [0.15, 0.2) is 0 Å². The summed E-state index contributed by atoms with van der Waals surface area (Å²) in [5, 5.41) is 0. The van der Waals surface area contributed by atoms with Gasteiger partial charge >= 0.3 is 0 Å². The van der Waals surface area contributed by atoms with Crippen LogP contribution in [0.1, 0.15) is 42.7 Å². The molecule has 1 aliphatic carbocycles. The highest BCUT2D eigenvalue weighted by Crippen LogP contribution is 2.37. The van der Waals surface area contributed by atoms with E-state index in [4.69, 9.17) is 0 Å². The summed E-state index contributed by atoms with van der Waals surface area (Å²) < 4.78 is 2.18. The summed E-state index contributed by atoms with van der Waals surface area (Å²) in [6, 6.07) is 18.1. The van der Waals surface area contributed by atoms with Gasteiger partial charge in [0.1, 0.15) is 0 Å². The molecule has 1 heteroatoms. The fraction of sp³-hybridized carbons (Fsp3) is 0.333. The maximum Gasteiger partial charge on any atom is -0.0162 e. The van der Waals surface area contributed by atoms with E-state index in [1.54, 1.807) is 0 Å². The van der Waals surface area contributed by atoms with E-state index in [1.165, 1.54) is 47.9 Å². The third-order valence-electron chi connectivity index (χ3n) is 4.88. The highest BCUT2D eigenvalue weighted by molar-refractivity contribution is 14.1. The van der Waals surface area contributed by atoms with Gasteiger partial charge < -0.3 is 0 Å². The zero-order valence-electron chi connectivity index (χ0n) is 13.1. The van der Waals surface area contributed by atoms with Crippen molar-refractivity contribution in [2.45, 2.75) is 38.5 Å². The Bertz CT molecular complexity index is 614. The molecule has 0 unspecified atom stereocenters. The molecule has 0 heterocycles. The zero-order chi connectivity index (χ0) is 15.4. The Hall–Kier alpha value is -1.09. The summed E-state index contributed by atoms with van der Waals surface area (Å²) in [4.78, 5) is 0. The van der Waals surface area contributed by atoms with Gasteiger partial charge in [0.05, 0.1) is 0 Å². The van der Waals surface area contributed by atoms with Crippen molar-refractivity contribution in [2.75, 3.05) is 0 Å². The SMILES string of the molecule is Cc1ccc(-c2ccc(C3CCC(C=CI)CC3)cc2)cc1. The lowest BCUT2D eigenvalue weighted by Crippen LogP contribution is -2.11. The van der Waals surface area contributed by atoms with Crippen molar-refractivity contribution in [3.63, 3.8) is 0 Å². The number of hydrogen-bond acceptors (Lipinski definition) is 0. The Kier molecular flexibility index (Phi) is 5.35. The molecule has 22 heavy (non-hydrogen) atoms. The van der Waals surface area contributed by atoms with Crippen LogP contribution in [-0.2, 0) is 0 Å². The molecule has 2 aromatic carbocycles. The number of hydrogen-bond donors (Lipinski definition) is 0. The first-order valence-corrected chi connectivity index (χ1v) is 9.44. The van der Waals surface area contributed by atoms with E-state index in [0.717, 1.165) is 11.8 Å². The molecular weight excluding hydrogens is 379 g/mol. The lowest BCUT2D eigenvalue weighted by molar-refractivity contribution is 0.376. The van der Waals surface area contributed by atoms with Crippen molar-refractivity contribution in [1.82, 2.24) is 0 Å². The number of aryl methyl sites for hydroxylation is 1. The molecule has 0 atom stereocenters. The second-order valence-electron chi connectivity index (χ2n) is 6.42. The Labute approximate surface area is 147 Å².